The molecular weight excluding hydrogens is 386 g/mol. The Balaban J connectivity index is 2.08. The van der Waals surface area contributed by atoms with Crippen LogP contribution in [0.5, 0.6) is 0 Å². The molecule has 0 radical (unpaired) electrons. The quantitative estimate of drug-likeness (QED) is 0.640. The van der Waals surface area contributed by atoms with Crippen molar-refractivity contribution in [1.29, 1.82) is 0 Å². The van der Waals surface area contributed by atoms with Crippen molar-refractivity contribution in [3.05, 3.63) is 41.9 Å². The maximum atomic E-state index is 12.0. The zero-order chi connectivity index (χ0) is 22.3. The second-order valence-corrected chi connectivity index (χ2v) is 8.04. The topological polar surface area (TPSA) is 103 Å². The first-order valence-electron chi connectivity index (χ1n) is 10.0. The van der Waals surface area contributed by atoms with E-state index in [0.29, 0.717) is 25.1 Å². The Kier molecular flexibility index (Phi) is 8.00. The average Bonchev–Trinajstić information content (AvgIpc) is 3.03. The van der Waals surface area contributed by atoms with E-state index in [2.05, 4.69) is 10.3 Å². The number of aliphatic hydroxyl groups excluding tert-OH is 1. The maximum absolute atomic E-state index is 12.0. The fourth-order valence-corrected chi connectivity index (χ4v) is 2.94. The normalized spacial score (nSPS) is 12.3. The molecule has 8 nitrogen and oxygen atoms in total. The summed E-state index contributed by atoms with van der Waals surface area (Å²) in [7, 11) is 1.75. The van der Waals surface area contributed by atoms with E-state index in [1.54, 1.807) is 45.5 Å². The van der Waals surface area contributed by atoms with Crippen molar-refractivity contribution < 1.29 is 24.2 Å². The fourth-order valence-electron chi connectivity index (χ4n) is 2.94. The molecule has 8 heteroatoms. The predicted octanol–water partition coefficient (Wildman–Crippen LogP) is 3.08. The minimum Gasteiger partial charge on any atom is -0.460 e. The molecule has 0 bridgehead atoms. The van der Waals surface area contributed by atoms with Crippen molar-refractivity contribution >= 4 is 12.1 Å². The highest BCUT2D eigenvalue weighted by atomic mass is 16.6. The summed E-state index contributed by atoms with van der Waals surface area (Å²) >= 11 is 0. The number of rotatable bonds is 8. The van der Waals surface area contributed by atoms with Gasteiger partial charge in [0.25, 0.3) is 0 Å². The first kappa shape index (κ1) is 23.4. The lowest BCUT2D eigenvalue weighted by Crippen LogP contribution is -2.40. The summed E-state index contributed by atoms with van der Waals surface area (Å²) in [5.41, 5.74) is 1.95. The number of alkyl carbamates (subject to hydrolysis) is 1. The molecule has 1 aromatic heterocycles. The molecular formula is C22H31N3O5. The number of ether oxygens (including phenoxy) is 2. The number of aliphatic hydroxyl groups is 1. The number of benzene rings is 1. The van der Waals surface area contributed by atoms with E-state index in [1.807, 2.05) is 24.3 Å². The van der Waals surface area contributed by atoms with E-state index in [0.717, 1.165) is 11.1 Å². The Labute approximate surface area is 177 Å². The van der Waals surface area contributed by atoms with Crippen LogP contribution in [0.2, 0.25) is 0 Å². The molecule has 30 heavy (non-hydrogen) atoms. The number of hydrogen-bond acceptors (Lipinski definition) is 6. The van der Waals surface area contributed by atoms with Crippen LogP contribution in [-0.4, -0.2) is 51.6 Å². The van der Waals surface area contributed by atoms with Gasteiger partial charge in [0.1, 0.15) is 5.60 Å². The van der Waals surface area contributed by atoms with Crippen LogP contribution < -0.4 is 5.32 Å². The molecule has 1 amide bonds. The van der Waals surface area contributed by atoms with Gasteiger partial charge in [0.05, 0.1) is 12.3 Å². The third kappa shape index (κ3) is 6.88. The summed E-state index contributed by atoms with van der Waals surface area (Å²) in [6.07, 6.45) is 2.25. The standard InChI is InChI=1S/C22H31N3O5/c1-6-29-20(27)19-24-18(14-25(19)5)16-9-7-15(8-10-16)13-17(11-12-26)23-21(28)30-22(2,3)4/h7-10,14,17,26H,6,11-13H2,1-5H3,(H,23,28)/t17-/m0/s1. The van der Waals surface area contributed by atoms with Crippen LogP contribution >= 0.6 is 0 Å². The Morgan fingerprint density at radius 2 is 1.90 bits per heavy atom. The van der Waals surface area contributed by atoms with Crippen molar-refractivity contribution in [2.24, 2.45) is 7.05 Å². The molecule has 2 aromatic rings. The Morgan fingerprint density at radius 3 is 2.47 bits per heavy atom. The molecule has 0 aliphatic heterocycles. The summed E-state index contributed by atoms with van der Waals surface area (Å²) in [4.78, 5) is 28.4. The summed E-state index contributed by atoms with van der Waals surface area (Å²) in [6, 6.07) is 7.46. The molecule has 0 fully saturated rings. The summed E-state index contributed by atoms with van der Waals surface area (Å²) in [5.74, 6) is -0.205. The van der Waals surface area contributed by atoms with Gasteiger partial charge < -0.3 is 24.5 Å². The van der Waals surface area contributed by atoms with Crippen molar-refractivity contribution in [3.8, 4) is 11.3 Å². The van der Waals surface area contributed by atoms with E-state index in [9.17, 15) is 14.7 Å². The van der Waals surface area contributed by atoms with E-state index in [4.69, 9.17) is 9.47 Å². The van der Waals surface area contributed by atoms with Gasteiger partial charge in [0.15, 0.2) is 0 Å². The second-order valence-electron chi connectivity index (χ2n) is 8.04. The van der Waals surface area contributed by atoms with Crippen molar-refractivity contribution in [1.82, 2.24) is 14.9 Å². The molecule has 2 rings (SSSR count). The molecule has 0 unspecified atom stereocenters. The van der Waals surface area contributed by atoms with Crippen molar-refractivity contribution in [2.75, 3.05) is 13.2 Å². The highest BCUT2D eigenvalue weighted by Crippen LogP contribution is 2.20. The van der Waals surface area contributed by atoms with E-state index in [1.165, 1.54) is 0 Å². The zero-order valence-corrected chi connectivity index (χ0v) is 18.3. The van der Waals surface area contributed by atoms with Crippen LogP contribution in [0.4, 0.5) is 4.79 Å². The average molecular weight is 418 g/mol. The molecule has 0 aliphatic rings. The number of aromatic nitrogens is 2. The van der Waals surface area contributed by atoms with E-state index < -0.39 is 17.7 Å². The fraction of sp³-hybridized carbons (Fsp3) is 0.500. The monoisotopic (exact) mass is 417 g/mol. The van der Waals surface area contributed by atoms with Gasteiger partial charge in [-0.2, -0.15) is 0 Å². The van der Waals surface area contributed by atoms with E-state index >= 15 is 0 Å². The summed E-state index contributed by atoms with van der Waals surface area (Å²) in [5, 5.41) is 12.1. The highest BCUT2D eigenvalue weighted by Gasteiger charge is 2.20. The predicted molar refractivity (Wildman–Crippen MR) is 113 cm³/mol. The van der Waals surface area contributed by atoms with Gasteiger partial charge in [-0.1, -0.05) is 24.3 Å². The van der Waals surface area contributed by atoms with Gasteiger partial charge in [-0.25, -0.2) is 14.6 Å². The highest BCUT2D eigenvalue weighted by molar-refractivity contribution is 5.86. The van der Waals surface area contributed by atoms with Gasteiger partial charge in [0, 0.05) is 31.5 Å². The van der Waals surface area contributed by atoms with Crippen LogP contribution in [0.3, 0.4) is 0 Å². The third-order valence-electron chi connectivity index (χ3n) is 4.26. The smallest absolute Gasteiger partial charge is 0.407 e. The summed E-state index contributed by atoms with van der Waals surface area (Å²) in [6.45, 7) is 7.42. The Bertz CT molecular complexity index is 853. The number of aryl methyl sites for hydroxylation is 1. The van der Waals surface area contributed by atoms with Gasteiger partial charge in [-0.05, 0) is 46.1 Å². The minimum atomic E-state index is -0.583. The number of nitrogens with one attached hydrogen (secondary N) is 1. The second kappa shape index (κ2) is 10.2. The number of imidazole rings is 1. The number of esters is 1. The van der Waals surface area contributed by atoms with E-state index in [-0.39, 0.29) is 18.5 Å². The molecule has 0 spiro atoms. The van der Waals surface area contributed by atoms with Crippen LogP contribution in [0.15, 0.2) is 30.5 Å². The van der Waals surface area contributed by atoms with Crippen LogP contribution in [-0.2, 0) is 22.9 Å². The minimum absolute atomic E-state index is 0.0386. The van der Waals surface area contributed by atoms with Crippen molar-refractivity contribution in [2.45, 2.75) is 52.2 Å². The molecule has 1 heterocycles. The van der Waals surface area contributed by atoms with Crippen LogP contribution in [0.1, 0.15) is 50.3 Å². The first-order valence-corrected chi connectivity index (χ1v) is 10.0. The number of nitrogens with zero attached hydrogens (tertiary/aromatic N) is 2. The van der Waals surface area contributed by atoms with Gasteiger partial charge in [-0.3, -0.25) is 0 Å². The lowest BCUT2D eigenvalue weighted by atomic mass is 10.0. The number of carbonyl (C=O) groups is 2. The molecule has 164 valence electrons. The van der Waals surface area contributed by atoms with Gasteiger partial charge in [-0.15, -0.1) is 0 Å². The molecule has 1 atom stereocenters. The SMILES string of the molecule is CCOC(=O)c1nc(-c2ccc(C[C@H](CCO)NC(=O)OC(C)(C)C)cc2)cn1C. The Morgan fingerprint density at radius 1 is 1.23 bits per heavy atom. The van der Waals surface area contributed by atoms with Crippen molar-refractivity contribution in [3.63, 3.8) is 0 Å². The molecule has 0 saturated heterocycles. The molecule has 0 aliphatic carbocycles. The molecule has 0 saturated carbocycles. The molecule has 2 N–H and O–H groups in total. The third-order valence-corrected chi connectivity index (χ3v) is 4.26. The van der Waals surface area contributed by atoms with Crippen LogP contribution in [0.25, 0.3) is 11.3 Å². The Hall–Kier alpha value is -2.87. The molecule has 1 aromatic carbocycles. The van der Waals surface area contributed by atoms with Gasteiger partial charge in [0.2, 0.25) is 5.82 Å². The number of hydrogen-bond donors (Lipinski definition) is 2. The van der Waals surface area contributed by atoms with Gasteiger partial charge >= 0.3 is 12.1 Å². The first-order chi connectivity index (χ1) is 14.1. The zero-order valence-electron chi connectivity index (χ0n) is 18.3. The maximum Gasteiger partial charge on any atom is 0.407 e. The van der Waals surface area contributed by atoms with Crippen LogP contribution in [0, 0.1) is 0 Å². The lowest BCUT2D eigenvalue weighted by Gasteiger charge is -2.23. The number of carbonyl (C=O) groups excluding carboxylic acids is 2. The lowest BCUT2D eigenvalue weighted by molar-refractivity contribution is 0.0490. The summed E-state index contributed by atoms with van der Waals surface area (Å²) < 4.78 is 12.0. The largest absolute Gasteiger partial charge is 0.460 e. The number of amides is 1.